The topological polar surface area (TPSA) is 27.3 Å². The van der Waals surface area contributed by atoms with Gasteiger partial charge in [0.25, 0.3) is 0 Å². The highest BCUT2D eigenvalue weighted by Crippen LogP contribution is 2.27. The zero-order valence-corrected chi connectivity index (χ0v) is 16.8. The van der Waals surface area contributed by atoms with Crippen molar-refractivity contribution in [2.24, 2.45) is 0 Å². The van der Waals surface area contributed by atoms with E-state index in [1.54, 1.807) is 0 Å². The highest BCUT2D eigenvalue weighted by molar-refractivity contribution is 7.80. The van der Waals surface area contributed by atoms with Crippen LogP contribution in [0, 0.1) is 13.8 Å². The quantitative estimate of drug-likeness (QED) is 0.731. The van der Waals surface area contributed by atoms with Gasteiger partial charge in [0.2, 0.25) is 0 Å². The molecule has 0 spiro atoms. The molecule has 2 rings (SSSR count). The van der Waals surface area contributed by atoms with E-state index in [2.05, 4.69) is 60.0 Å². The van der Waals surface area contributed by atoms with Crippen LogP contribution >= 0.6 is 23.8 Å². The van der Waals surface area contributed by atoms with Crippen LogP contribution in [0.25, 0.3) is 0 Å². The lowest BCUT2D eigenvalue weighted by Gasteiger charge is -2.26. The van der Waals surface area contributed by atoms with E-state index < -0.39 is 0 Å². The van der Waals surface area contributed by atoms with Crippen molar-refractivity contribution in [1.82, 2.24) is 10.2 Å². The number of benzene rings is 2. The Morgan fingerprint density at radius 3 is 2.44 bits per heavy atom. The van der Waals surface area contributed by atoms with E-state index in [0.717, 1.165) is 29.8 Å². The van der Waals surface area contributed by atoms with Gasteiger partial charge in [-0.1, -0.05) is 48.0 Å². The van der Waals surface area contributed by atoms with Crippen molar-refractivity contribution in [3.05, 3.63) is 64.2 Å². The molecule has 25 heavy (non-hydrogen) atoms. The number of nitrogens with zero attached hydrogens (tertiary/aromatic N) is 1. The van der Waals surface area contributed by atoms with Gasteiger partial charge in [-0.15, -0.1) is 0 Å². The van der Waals surface area contributed by atoms with Crippen molar-refractivity contribution in [1.29, 1.82) is 0 Å². The smallest absolute Gasteiger partial charge is 0.170 e. The maximum absolute atomic E-state index is 6.34. The summed E-state index contributed by atoms with van der Waals surface area (Å²) in [6.45, 7) is 4.82. The number of nitrogens with one attached hydrogen (secondary N) is 2. The summed E-state index contributed by atoms with van der Waals surface area (Å²) in [5.41, 5.74) is 4.42. The largest absolute Gasteiger partial charge is 0.361 e. The lowest BCUT2D eigenvalue weighted by molar-refractivity contribution is 0.291. The van der Waals surface area contributed by atoms with Crippen LogP contribution in [0.2, 0.25) is 5.02 Å². The summed E-state index contributed by atoms with van der Waals surface area (Å²) in [6, 6.07) is 14.9. The molecule has 0 amide bonds. The molecule has 5 heteroatoms. The van der Waals surface area contributed by atoms with Crippen LogP contribution in [-0.4, -0.2) is 36.7 Å². The Balaban J connectivity index is 1.95. The minimum absolute atomic E-state index is 0.344. The molecule has 0 fully saturated rings. The van der Waals surface area contributed by atoms with Crippen LogP contribution in [-0.2, 0) is 6.42 Å². The number of anilines is 1. The molecular formula is C20H26ClN3S. The second kappa shape index (κ2) is 9.18. The fourth-order valence-corrected chi connectivity index (χ4v) is 3.32. The molecule has 134 valence electrons. The fraction of sp³-hybridized carbons (Fsp3) is 0.350. The van der Waals surface area contributed by atoms with Gasteiger partial charge >= 0.3 is 0 Å². The maximum atomic E-state index is 6.34. The van der Waals surface area contributed by atoms with Crippen LogP contribution < -0.4 is 10.6 Å². The van der Waals surface area contributed by atoms with Gasteiger partial charge < -0.3 is 15.5 Å². The molecule has 0 unspecified atom stereocenters. The van der Waals surface area contributed by atoms with Gasteiger partial charge in [0.1, 0.15) is 0 Å². The Morgan fingerprint density at radius 2 is 1.84 bits per heavy atom. The Morgan fingerprint density at radius 1 is 1.16 bits per heavy atom. The van der Waals surface area contributed by atoms with E-state index in [0.29, 0.717) is 16.2 Å². The number of hydrogen-bond acceptors (Lipinski definition) is 2. The van der Waals surface area contributed by atoms with E-state index in [1.165, 1.54) is 5.56 Å². The van der Waals surface area contributed by atoms with Crippen LogP contribution in [0.15, 0.2) is 42.5 Å². The van der Waals surface area contributed by atoms with Crippen molar-refractivity contribution in [2.45, 2.75) is 26.3 Å². The molecule has 0 aliphatic heterocycles. The molecule has 0 saturated carbocycles. The van der Waals surface area contributed by atoms with E-state index >= 15 is 0 Å². The fourth-order valence-electron chi connectivity index (χ4n) is 2.77. The monoisotopic (exact) mass is 375 g/mol. The number of hydrogen-bond donors (Lipinski definition) is 2. The normalized spacial score (nSPS) is 12.1. The number of halogens is 1. The second-order valence-electron chi connectivity index (χ2n) is 6.58. The molecule has 0 aliphatic rings. The van der Waals surface area contributed by atoms with Gasteiger partial charge in [0.05, 0.1) is 10.7 Å². The van der Waals surface area contributed by atoms with Crippen molar-refractivity contribution >= 4 is 34.6 Å². The Hall–Kier alpha value is -1.62. The molecule has 2 aromatic rings. The highest BCUT2D eigenvalue weighted by atomic mass is 35.5. The number of thiocarbonyl (C=S) groups is 1. The van der Waals surface area contributed by atoms with E-state index in [9.17, 15) is 0 Å². The first-order valence-electron chi connectivity index (χ1n) is 8.38. The van der Waals surface area contributed by atoms with Crippen LogP contribution in [0.5, 0.6) is 0 Å². The molecule has 0 bridgehead atoms. The average Bonchev–Trinajstić information content (AvgIpc) is 2.55. The SMILES string of the molecule is Cc1cc(C)c(NC(=S)NC[C@@H](Cc2ccccc2)N(C)C)c(Cl)c1. The average molecular weight is 376 g/mol. The minimum atomic E-state index is 0.344. The molecule has 0 radical (unpaired) electrons. The minimum Gasteiger partial charge on any atom is -0.361 e. The van der Waals surface area contributed by atoms with Crippen molar-refractivity contribution in [2.75, 3.05) is 26.0 Å². The summed E-state index contributed by atoms with van der Waals surface area (Å²) in [5.74, 6) is 0. The van der Waals surface area contributed by atoms with E-state index in [1.807, 2.05) is 26.0 Å². The number of rotatable bonds is 6. The van der Waals surface area contributed by atoms with E-state index in [-0.39, 0.29) is 0 Å². The molecule has 1 atom stereocenters. The van der Waals surface area contributed by atoms with Gasteiger partial charge in [0.15, 0.2) is 5.11 Å². The zero-order valence-electron chi connectivity index (χ0n) is 15.3. The number of aryl methyl sites for hydroxylation is 2. The standard InChI is InChI=1S/C20H26ClN3S/c1-14-10-15(2)19(18(21)11-14)23-20(25)22-13-17(24(3)4)12-16-8-6-5-7-9-16/h5-11,17H,12-13H2,1-4H3,(H2,22,23,25)/t17-/m1/s1. The third-order valence-electron chi connectivity index (χ3n) is 4.21. The zero-order chi connectivity index (χ0) is 18.4. The van der Waals surface area contributed by atoms with Gasteiger partial charge in [0, 0.05) is 12.6 Å². The van der Waals surface area contributed by atoms with Gasteiger partial charge in [-0.3, -0.25) is 0 Å². The van der Waals surface area contributed by atoms with Crippen molar-refractivity contribution in [3.8, 4) is 0 Å². The Labute approximate surface area is 161 Å². The lowest BCUT2D eigenvalue weighted by Crippen LogP contribution is -2.43. The van der Waals surface area contributed by atoms with Gasteiger partial charge in [-0.05, 0) is 69.3 Å². The van der Waals surface area contributed by atoms with Crippen molar-refractivity contribution in [3.63, 3.8) is 0 Å². The summed E-state index contributed by atoms with van der Waals surface area (Å²) in [7, 11) is 4.18. The first kappa shape index (κ1) is 19.7. The highest BCUT2D eigenvalue weighted by Gasteiger charge is 2.13. The third-order valence-corrected chi connectivity index (χ3v) is 4.76. The number of likely N-dealkylation sites (N-methyl/N-ethyl adjacent to an activating group) is 1. The maximum Gasteiger partial charge on any atom is 0.170 e. The van der Waals surface area contributed by atoms with E-state index in [4.69, 9.17) is 23.8 Å². The molecular weight excluding hydrogens is 350 g/mol. The lowest BCUT2D eigenvalue weighted by atomic mass is 10.1. The third kappa shape index (κ3) is 5.99. The molecule has 2 aromatic carbocycles. The molecule has 0 heterocycles. The summed E-state index contributed by atoms with van der Waals surface area (Å²) < 4.78 is 0. The predicted molar refractivity (Wildman–Crippen MR) is 113 cm³/mol. The summed E-state index contributed by atoms with van der Waals surface area (Å²) in [4.78, 5) is 2.21. The molecule has 0 aromatic heterocycles. The van der Waals surface area contributed by atoms with Gasteiger partial charge in [-0.25, -0.2) is 0 Å². The summed E-state index contributed by atoms with van der Waals surface area (Å²) in [5, 5.41) is 7.84. The summed E-state index contributed by atoms with van der Waals surface area (Å²) >= 11 is 11.8. The van der Waals surface area contributed by atoms with Crippen LogP contribution in [0.3, 0.4) is 0 Å². The second-order valence-corrected chi connectivity index (χ2v) is 7.40. The van der Waals surface area contributed by atoms with Crippen LogP contribution in [0.1, 0.15) is 16.7 Å². The van der Waals surface area contributed by atoms with Crippen molar-refractivity contribution < 1.29 is 0 Å². The summed E-state index contributed by atoms with van der Waals surface area (Å²) in [6.07, 6.45) is 0.966. The molecule has 0 aliphatic carbocycles. The van der Waals surface area contributed by atoms with Crippen LogP contribution in [0.4, 0.5) is 5.69 Å². The predicted octanol–water partition coefficient (Wildman–Crippen LogP) is 4.42. The molecule has 2 N–H and O–H groups in total. The Kier molecular flexibility index (Phi) is 7.24. The first-order valence-corrected chi connectivity index (χ1v) is 9.17. The molecule has 3 nitrogen and oxygen atoms in total. The van der Waals surface area contributed by atoms with Gasteiger partial charge in [-0.2, -0.15) is 0 Å². The molecule has 0 saturated heterocycles. The Bertz CT molecular complexity index is 693. The first-order chi connectivity index (χ1) is 11.9.